The van der Waals surface area contributed by atoms with E-state index in [1.165, 1.54) is 12.2 Å². The summed E-state index contributed by atoms with van der Waals surface area (Å²) in [6, 6.07) is 27.4. The fourth-order valence-electron chi connectivity index (χ4n) is 3.81. The van der Waals surface area contributed by atoms with Gasteiger partial charge in [0.25, 0.3) is 11.8 Å². The van der Waals surface area contributed by atoms with Crippen molar-refractivity contribution in [3.05, 3.63) is 141 Å². The van der Waals surface area contributed by atoms with E-state index in [4.69, 9.17) is 27.9 Å². The van der Waals surface area contributed by atoms with Crippen LogP contribution in [-0.4, -0.2) is 24.2 Å². The third kappa shape index (κ3) is 7.94. The molecule has 0 atom stereocenters. The van der Waals surface area contributed by atoms with Crippen molar-refractivity contribution in [2.24, 2.45) is 0 Å². The van der Waals surface area contributed by atoms with Gasteiger partial charge in [0, 0.05) is 22.4 Å². The van der Waals surface area contributed by atoms with Gasteiger partial charge in [-0.2, -0.15) is 0 Å². The van der Waals surface area contributed by atoms with Crippen molar-refractivity contribution >= 4 is 58.6 Å². The summed E-state index contributed by atoms with van der Waals surface area (Å²) in [4.78, 5) is 38.9. The van der Waals surface area contributed by atoms with Gasteiger partial charge in [-0.3, -0.25) is 14.4 Å². The molecule has 0 aromatic heterocycles. The van der Waals surface area contributed by atoms with Gasteiger partial charge in [0.15, 0.2) is 5.78 Å². The first kappa shape index (κ1) is 29.3. The summed E-state index contributed by atoms with van der Waals surface area (Å²) in [5, 5.41) is 5.97. The number of rotatable bonds is 10. The van der Waals surface area contributed by atoms with E-state index in [0.717, 1.165) is 5.56 Å². The van der Waals surface area contributed by atoms with Crippen molar-refractivity contribution in [3.8, 4) is 5.75 Å². The summed E-state index contributed by atoms with van der Waals surface area (Å²) in [5.41, 5.74) is 2.45. The third-order valence-corrected chi connectivity index (χ3v) is 6.70. The smallest absolute Gasteiger partial charge is 0.272 e. The van der Waals surface area contributed by atoms with E-state index in [-0.39, 0.29) is 16.5 Å². The fraction of sp³-hybridized carbons (Fsp3) is 0.0606. The number of carbonyl (C=O) groups excluding carboxylic acids is 3. The molecule has 0 unspecified atom stereocenters. The molecule has 0 aliphatic heterocycles. The molecule has 41 heavy (non-hydrogen) atoms. The molecule has 0 radical (unpaired) electrons. The largest absolute Gasteiger partial charge is 0.493 e. The molecule has 0 aliphatic carbocycles. The Kier molecular flexibility index (Phi) is 10.1. The van der Waals surface area contributed by atoms with Gasteiger partial charge in [-0.15, -0.1) is 0 Å². The summed E-state index contributed by atoms with van der Waals surface area (Å²) in [7, 11) is 0. The Bertz CT molecular complexity index is 1610. The number of benzene rings is 4. The van der Waals surface area contributed by atoms with Gasteiger partial charge >= 0.3 is 0 Å². The lowest BCUT2D eigenvalue weighted by Crippen LogP contribution is -2.30. The zero-order chi connectivity index (χ0) is 29.2. The Balaban J connectivity index is 1.51. The SMILES string of the molecule is CCOc1ccccc1/C=C/C(=O)c1ccc(NC(=O)/C(=C/c2cccc(Cl)c2Cl)NC(=O)c2ccccc2)cc1. The van der Waals surface area contributed by atoms with Crippen molar-refractivity contribution in [2.45, 2.75) is 6.92 Å². The third-order valence-electron chi connectivity index (χ3n) is 5.87. The van der Waals surface area contributed by atoms with Gasteiger partial charge in [-0.05, 0) is 79.2 Å². The average molecular weight is 585 g/mol. The highest BCUT2D eigenvalue weighted by Gasteiger charge is 2.16. The van der Waals surface area contributed by atoms with Crippen LogP contribution in [0.4, 0.5) is 5.69 Å². The molecule has 0 spiro atoms. The molecule has 8 heteroatoms. The standard InChI is InChI=1S/C33H26Cl2N2O4/c1-2-41-30-14-7-6-9-23(30)17-20-29(38)22-15-18-26(19-16-22)36-33(40)28(21-25-12-8-13-27(34)31(25)35)37-32(39)24-10-4-3-5-11-24/h3-21H,2H2,1H3,(H,36,40)(H,37,39)/b20-17+,28-21-. The van der Waals surface area contributed by atoms with E-state index < -0.39 is 11.8 Å². The maximum atomic E-state index is 13.3. The van der Waals surface area contributed by atoms with Gasteiger partial charge in [0.05, 0.1) is 16.7 Å². The van der Waals surface area contributed by atoms with Crippen LogP contribution >= 0.6 is 23.2 Å². The number of ketones is 1. The van der Waals surface area contributed by atoms with E-state index in [0.29, 0.717) is 39.8 Å². The van der Waals surface area contributed by atoms with Crippen LogP contribution in [-0.2, 0) is 4.79 Å². The first-order valence-electron chi connectivity index (χ1n) is 12.7. The zero-order valence-electron chi connectivity index (χ0n) is 22.1. The van der Waals surface area contributed by atoms with E-state index in [1.807, 2.05) is 31.2 Å². The summed E-state index contributed by atoms with van der Waals surface area (Å²) in [6.07, 6.45) is 4.63. The fourth-order valence-corrected chi connectivity index (χ4v) is 4.18. The van der Waals surface area contributed by atoms with Gasteiger partial charge in [0.1, 0.15) is 11.4 Å². The number of para-hydroxylation sites is 1. The van der Waals surface area contributed by atoms with Gasteiger partial charge in [0.2, 0.25) is 0 Å². The van der Waals surface area contributed by atoms with Gasteiger partial charge in [-0.1, -0.05) is 71.7 Å². The van der Waals surface area contributed by atoms with E-state index in [9.17, 15) is 14.4 Å². The molecule has 6 nitrogen and oxygen atoms in total. The molecule has 206 valence electrons. The molecule has 0 saturated carbocycles. The highest BCUT2D eigenvalue weighted by Crippen LogP contribution is 2.27. The predicted octanol–water partition coefficient (Wildman–Crippen LogP) is 7.70. The number of ether oxygens (including phenoxy) is 1. The first-order chi connectivity index (χ1) is 19.9. The molecule has 2 amide bonds. The van der Waals surface area contributed by atoms with Crippen LogP contribution in [0.5, 0.6) is 5.75 Å². The zero-order valence-corrected chi connectivity index (χ0v) is 23.6. The molecule has 4 aromatic carbocycles. The van der Waals surface area contributed by atoms with E-state index in [1.54, 1.807) is 78.9 Å². The lowest BCUT2D eigenvalue weighted by atomic mass is 10.1. The highest BCUT2D eigenvalue weighted by molar-refractivity contribution is 6.43. The Morgan fingerprint density at radius 2 is 1.46 bits per heavy atom. The van der Waals surface area contributed by atoms with Crippen LogP contribution in [0.15, 0.2) is 109 Å². The Hall–Kier alpha value is -4.65. The Morgan fingerprint density at radius 1 is 0.780 bits per heavy atom. The molecule has 2 N–H and O–H groups in total. The number of hydrogen-bond acceptors (Lipinski definition) is 4. The molecular formula is C33H26Cl2N2O4. The summed E-state index contributed by atoms with van der Waals surface area (Å²) in [6.45, 7) is 2.42. The number of anilines is 1. The van der Waals surface area contributed by atoms with Crippen LogP contribution in [0.25, 0.3) is 12.2 Å². The van der Waals surface area contributed by atoms with Crippen molar-refractivity contribution < 1.29 is 19.1 Å². The molecule has 4 rings (SSSR count). The van der Waals surface area contributed by atoms with E-state index in [2.05, 4.69) is 10.6 Å². The molecule has 0 heterocycles. The maximum absolute atomic E-state index is 13.3. The number of halogens is 2. The van der Waals surface area contributed by atoms with Crippen molar-refractivity contribution in [1.82, 2.24) is 5.32 Å². The molecule has 0 saturated heterocycles. The maximum Gasteiger partial charge on any atom is 0.272 e. The van der Waals surface area contributed by atoms with Crippen LogP contribution in [0.1, 0.15) is 38.8 Å². The lowest BCUT2D eigenvalue weighted by Gasteiger charge is -2.12. The number of hydrogen-bond donors (Lipinski definition) is 2. The highest BCUT2D eigenvalue weighted by atomic mass is 35.5. The van der Waals surface area contributed by atoms with Crippen molar-refractivity contribution in [2.75, 3.05) is 11.9 Å². The van der Waals surface area contributed by atoms with Crippen molar-refractivity contribution in [3.63, 3.8) is 0 Å². The molecule has 0 bridgehead atoms. The number of allylic oxidation sites excluding steroid dienone is 1. The Labute approximate surface area is 248 Å². The van der Waals surface area contributed by atoms with Crippen LogP contribution in [0.3, 0.4) is 0 Å². The van der Waals surface area contributed by atoms with Crippen molar-refractivity contribution in [1.29, 1.82) is 0 Å². The van der Waals surface area contributed by atoms with Gasteiger partial charge < -0.3 is 15.4 Å². The Morgan fingerprint density at radius 3 is 2.20 bits per heavy atom. The first-order valence-corrected chi connectivity index (χ1v) is 13.5. The van der Waals surface area contributed by atoms with Gasteiger partial charge in [-0.25, -0.2) is 0 Å². The monoisotopic (exact) mass is 584 g/mol. The topological polar surface area (TPSA) is 84.5 Å². The minimum atomic E-state index is -0.586. The normalized spacial score (nSPS) is 11.2. The average Bonchev–Trinajstić information content (AvgIpc) is 2.99. The summed E-state index contributed by atoms with van der Waals surface area (Å²) in [5.74, 6) is -0.569. The molecule has 4 aromatic rings. The number of amides is 2. The number of carbonyl (C=O) groups is 3. The number of nitrogens with one attached hydrogen (secondary N) is 2. The lowest BCUT2D eigenvalue weighted by molar-refractivity contribution is -0.113. The van der Waals surface area contributed by atoms with Crippen LogP contribution < -0.4 is 15.4 Å². The van der Waals surface area contributed by atoms with Crippen LogP contribution in [0, 0.1) is 0 Å². The quantitative estimate of drug-likeness (QED) is 0.148. The molecule has 0 aliphatic rings. The molecular weight excluding hydrogens is 559 g/mol. The summed E-state index contributed by atoms with van der Waals surface area (Å²) >= 11 is 12.5. The molecule has 0 fully saturated rings. The van der Waals surface area contributed by atoms with Crippen LogP contribution in [0.2, 0.25) is 10.0 Å². The predicted molar refractivity (Wildman–Crippen MR) is 164 cm³/mol. The minimum absolute atomic E-state index is 0.0425. The second-order valence-electron chi connectivity index (χ2n) is 8.72. The minimum Gasteiger partial charge on any atom is -0.493 e. The second kappa shape index (κ2) is 14.1. The summed E-state index contributed by atoms with van der Waals surface area (Å²) < 4.78 is 5.60. The second-order valence-corrected chi connectivity index (χ2v) is 9.51. The van der Waals surface area contributed by atoms with E-state index >= 15 is 0 Å².